The quantitative estimate of drug-likeness (QED) is 0.456. The summed E-state index contributed by atoms with van der Waals surface area (Å²) < 4.78 is 0. The van der Waals surface area contributed by atoms with Crippen LogP contribution in [0.5, 0.6) is 0 Å². The topological polar surface area (TPSA) is 0 Å². The van der Waals surface area contributed by atoms with Gasteiger partial charge in [0.2, 0.25) is 0 Å². The zero-order chi connectivity index (χ0) is 16.8. The summed E-state index contributed by atoms with van der Waals surface area (Å²) in [6.45, 7) is 4.73. The Morgan fingerprint density at radius 3 is 2.46 bits per heavy atom. The maximum atomic E-state index is 2.59. The predicted molar refractivity (Wildman–Crippen MR) is 106 cm³/mol. The molecule has 2 aliphatic rings. The second kappa shape index (κ2) is 9.07. The SMILES string of the molecule is CCCCCCCC1CCc2cc(C3CCC(C)CC3)ccc2C1. The highest BCUT2D eigenvalue weighted by Gasteiger charge is 2.23. The molecule has 1 fully saturated rings. The molecule has 1 aromatic rings. The van der Waals surface area contributed by atoms with Crippen molar-refractivity contribution in [2.45, 2.75) is 103 Å². The molecule has 1 aromatic carbocycles. The van der Waals surface area contributed by atoms with Gasteiger partial charge in [0.15, 0.2) is 0 Å². The van der Waals surface area contributed by atoms with Gasteiger partial charge in [0.1, 0.15) is 0 Å². The maximum Gasteiger partial charge on any atom is -0.0162 e. The summed E-state index contributed by atoms with van der Waals surface area (Å²) in [5, 5.41) is 0. The molecule has 0 heteroatoms. The van der Waals surface area contributed by atoms with Crippen LogP contribution in [0.1, 0.15) is 107 Å². The van der Waals surface area contributed by atoms with E-state index in [0.29, 0.717) is 0 Å². The molecule has 3 rings (SSSR count). The van der Waals surface area contributed by atoms with E-state index in [4.69, 9.17) is 0 Å². The summed E-state index contributed by atoms with van der Waals surface area (Å²) in [6.07, 6.45) is 18.4. The third-order valence-electron chi connectivity index (χ3n) is 6.76. The van der Waals surface area contributed by atoms with Crippen molar-refractivity contribution in [1.82, 2.24) is 0 Å². The van der Waals surface area contributed by atoms with E-state index < -0.39 is 0 Å². The summed E-state index contributed by atoms with van der Waals surface area (Å²) >= 11 is 0. The number of hydrogen-bond donors (Lipinski definition) is 0. The lowest BCUT2D eigenvalue weighted by Crippen LogP contribution is -2.16. The fourth-order valence-corrected chi connectivity index (χ4v) is 4.98. The van der Waals surface area contributed by atoms with E-state index in [1.165, 1.54) is 83.5 Å². The lowest BCUT2D eigenvalue weighted by atomic mass is 9.76. The van der Waals surface area contributed by atoms with Crippen LogP contribution in [0.25, 0.3) is 0 Å². The zero-order valence-electron chi connectivity index (χ0n) is 16.2. The second-order valence-electron chi connectivity index (χ2n) is 8.80. The standard InChI is InChI=1S/C24H38/c1-3-4-5-6-7-8-20-11-14-24-18-23(16-15-22(24)17-20)21-12-9-19(2)10-13-21/h15-16,18-21H,3-14,17H2,1-2H3. The molecule has 134 valence electrons. The summed E-state index contributed by atoms with van der Waals surface area (Å²) in [5.74, 6) is 2.76. The third kappa shape index (κ3) is 4.87. The van der Waals surface area contributed by atoms with E-state index >= 15 is 0 Å². The van der Waals surface area contributed by atoms with Crippen LogP contribution < -0.4 is 0 Å². The third-order valence-corrected chi connectivity index (χ3v) is 6.76. The van der Waals surface area contributed by atoms with Gasteiger partial charge in [-0.25, -0.2) is 0 Å². The molecule has 0 nitrogen and oxygen atoms in total. The van der Waals surface area contributed by atoms with Crippen molar-refractivity contribution in [3.05, 3.63) is 34.9 Å². The molecule has 0 aliphatic heterocycles. The molecule has 0 amide bonds. The van der Waals surface area contributed by atoms with Gasteiger partial charge in [0.05, 0.1) is 0 Å². The number of benzene rings is 1. The molecule has 0 aromatic heterocycles. The second-order valence-corrected chi connectivity index (χ2v) is 8.80. The highest BCUT2D eigenvalue weighted by molar-refractivity contribution is 5.36. The van der Waals surface area contributed by atoms with Gasteiger partial charge in [-0.15, -0.1) is 0 Å². The van der Waals surface area contributed by atoms with Gasteiger partial charge in [0.25, 0.3) is 0 Å². The number of unbranched alkanes of at least 4 members (excludes halogenated alkanes) is 4. The molecular weight excluding hydrogens is 288 g/mol. The van der Waals surface area contributed by atoms with Gasteiger partial charge in [-0.3, -0.25) is 0 Å². The molecule has 1 unspecified atom stereocenters. The van der Waals surface area contributed by atoms with Crippen LogP contribution >= 0.6 is 0 Å². The Bertz CT molecular complexity index is 493. The largest absolute Gasteiger partial charge is 0.0654 e. The fourth-order valence-electron chi connectivity index (χ4n) is 4.98. The lowest BCUT2D eigenvalue weighted by molar-refractivity contribution is 0.347. The molecule has 0 spiro atoms. The summed E-state index contributed by atoms with van der Waals surface area (Å²) in [5.41, 5.74) is 5.01. The normalized spacial score (nSPS) is 27.0. The highest BCUT2D eigenvalue weighted by Crippen LogP contribution is 2.37. The van der Waals surface area contributed by atoms with Crippen molar-refractivity contribution in [1.29, 1.82) is 0 Å². The molecule has 1 atom stereocenters. The van der Waals surface area contributed by atoms with Crippen LogP contribution in [-0.4, -0.2) is 0 Å². The molecule has 0 radical (unpaired) electrons. The van der Waals surface area contributed by atoms with Gasteiger partial charge < -0.3 is 0 Å². The smallest absolute Gasteiger partial charge is 0.0162 e. The van der Waals surface area contributed by atoms with Gasteiger partial charge in [-0.1, -0.05) is 83.4 Å². The Morgan fingerprint density at radius 2 is 1.67 bits per heavy atom. The predicted octanol–water partition coefficient (Wildman–Crippen LogP) is 7.45. The van der Waals surface area contributed by atoms with E-state index in [0.717, 1.165) is 17.8 Å². The van der Waals surface area contributed by atoms with E-state index in [2.05, 4.69) is 32.0 Å². The average molecular weight is 327 g/mol. The summed E-state index contributed by atoms with van der Waals surface area (Å²) in [6, 6.07) is 7.56. The Labute approximate surface area is 150 Å². The number of hydrogen-bond acceptors (Lipinski definition) is 0. The summed E-state index contributed by atoms with van der Waals surface area (Å²) in [4.78, 5) is 0. The first kappa shape index (κ1) is 18.0. The van der Waals surface area contributed by atoms with E-state index in [1.54, 1.807) is 16.7 Å². The molecule has 0 N–H and O–H groups in total. The van der Waals surface area contributed by atoms with Crippen LogP contribution in [0.4, 0.5) is 0 Å². The van der Waals surface area contributed by atoms with Crippen molar-refractivity contribution in [2.75, 3.05) is 0 Å². The molecule has 0 bridgehead atoms. The zero-order valence-corrected chi connectivity index (χ0v) is 16.2. The first-order valence-corrected chi connectivity index (χ1v) is 10.9. The molecule has 0 heterocycles. The molecular formula is C24H38. The summed E-state index contributed by atoms with van der Waals surface area (Å²) in [7, 11) is 0. The lowest BCUT2D eigenvalue weighted by Gasteiger charge is -2.29. The molecule has 24 heavy (non-hydrogen) atoms. The monoisotopic (exact) mass is 326 g/mol. The average Bonchev–Trinajstić information content (AvgIpc) is 2.62. The number of fused-ring (bicyclic) bond motifs is 1. The van der Waals surface area contributed by atoms with Gasteiger partial charge >= 0.3 is 0 Å². The van der Waals surface area contributed by atoms with E-state index in [1.807, 2.05) is 0 Å². The molecule has 0 saturated heterocycles. The Hall–Kier alpha value is -0.780. The van der Waals surface area contributed by atoms with Crippen LogP contribution in [-0.2, 0) is 12.8 Å². The minimum atomic E-state index is 0.850. The minimum absolute atomic E-state index is 0.850. The van der Waals surface area contributed by atoms with Crippen LogP contribution in [0, 0.1) is 11.8 Å². The Balaban J connectivity index is 1.50. The van der Waals surface area contributed by atoms with Crippen molar-refractivity contribution in [2.24, 2.45) is 11.8 Å². The van der Waals surface area contributed by atoms with Crippen molar-refractivity contribution in [3.8, 4) is 0 Å². The maximum absolute atomic E-state index is 2.59. The van der Waals surface area contributed by atoms with Gasteiger partial charge in [-0.2, -0.15) is 0 Å². The van der Waals surface area contributed by atoms with Crippen molar-refractivity contribution >= 4 is 0 Å². The van der Waals surface area contributed by atoms with Gasteiger partial charge in [-0.05, 0) is 66.5 Å². The fraction of sp³-hybridized carbons (Fsp3) is 0.750. The van der Waals surface area contributed by atoms with Crippen molar-refractivity contribution in [3.63, 3.8) is 0 Å². The first-order valence-electron chi connectivity index (χ1n) is 10.9. The van der Waals surface area contributed by atoms with Crippen molar-refractivity contribution < 1.29 is 0 Å². The highest BCUT2D eigenvalue weighted by atomic mass is 14.3. The number of rotatable bonds is 7. The Morgan fingerprint density at radius 1 is 0.875 bits per heavy atom. The first-order chi connectivity index (χ1) is 11.8. The van der Waals surface area contributed by atoms with Crippen LogP contribution in [0.2, 0.25) is 0 Å². The number of aryl methyl sites for hydroxylation is 1. The van der Waals surface area contributed by atoms with E-state index in [9.17, 15) is 0 Å². The minimum Gasteiger partial charge on any atom is -0.0654 e. The van der Waals surface area contributed by atoms with Gasteiger partial charge in [0, 0.05) is 0 Å². The van der Waals surface area contributed by atoms with Crippen LogP contribution in [0.15, 0.2) is 18.2 Å². The Kier molecular flexibility index (Phi) is 6.81. The molecule has 1 saturated carbocycles. The van der Waals surface area contributed by atoms with E-state index in [-0.39, 0.29) is 0 Å². The molecule has 2 aliphatic carbocycles. The van der Waals surface area contributed by atoms with Crippen LogP contribution in [0.3, 0.4) is 0 Å².